The molecule has 1 rings (SSSR count). The zero-order chi connectivity index (χ0) is 11.7. The Labute approximate surface area is 95.8 Å². The van der Waals surface area contributed by atoms with Gasteiger partial charge in [0.25, 0.3) is 0 Å². The molecule has 0 aromatic heterocycles. The van der Waals surface area contributed by atoms with Gasteiger partial charge in [-0.05, 0) is 0 Å². The Bertz CT molecular complexity index is 412. The number of carbonyl (C=O) groups excluding carboxylic acids is 1. The van der Waals surface area contributed by atoms with E-state index in [-0.39, 0.29) is 33.2 Å². The topological polar surface area (TPSA) is 77.8 Å². The van der Waals surface area contributed by atoms with Crippen LogP contribution in [0.1, 0.15) is 24.2 Å². The average molecular weight is 268 g/mol. The molecule has 4 nitrogen and oxygen atoms in total. The number of Topliss-reactive ketones (excluding diaryl/α,β-unsaturated/α-hetero) is 1. The van der Waals surface area contributed by atoms with E-state index in [1.165, 1.54) is 16.5 Å². The number of benzene rings is 1. The van der Waals surface area contributed by atoms with Crippen LogP contribution in [0.3, 0.4) is 0 Å². The molecular weight excluding hydrogens is 257 g/mol. The fourth-order valence-corrected chi connectivity index (χ4v) is 1.59. The van der Waals surface area contributed by atoms with Gasteiger partial charge in [-0.15, -0.1) is 0 Å². The van der Waals surface area contributed by atoms with Crippen molar-refractivity contribution in [2.45, 2.75) is 13.8 Å². The summed E-state index contributed by atoms with van der Waals surface area (Å²) in [4.78, 5) is 11.6. The Morgan fingerprint density at radius 2 is 1.80 bits per heavy atom. The molecule has 3 N–H and O–H groups in total. The van der Waals surface area contributed by atoms with Crippen LogP contribution in [0.2, 0.25) is 0 Å². The third-order valence-corrected chi connectivity index (χ3v) is 3.06. The van der Waals surface area contributed by atoms with Crippen molar-refractivity contribution in [2.24, 2.45) is 5.92 Å². The Morgan fingerprint density at radius 3 is 2.27 bits per heavy atom. The van der Waals surface area contributed by atoms with Crippen LogP contribution in [-0.2, 0) is 0 Å². The quantitative estimate of drug-likeness (QED) is 0.537. The number of phenols is 3. The molecule has 0 heterocycles. The van der Waals surface area contributed by atoms with E-state index in [0.717, 1.165) is 6.07 Å². The summed E-state index contributed by atoms with van der Waals surface area (Å²) in [6.07, 6.45) is 0. The third kappa shape index (κ3) is 2.09. The van der Waals surface area contributed by atoms with E-state index >= 15 is 0 Å². The SMILES string of the molecule is CC(C)C(=O)c1c(O)cc(O)[c]([Ge])c1O. The first-order chi connectivity index (χ1) is 6.86. The van der Waals surface area contributed by atoms with Crippen molar-refractivity contribution in [3.8, 4) is 17.2 Å². The summed E-state index contributed by atoms with van der Waals surface area (Å²) in [6, 6.07) is 1.06. The maximum absolute atomic E-state index is 11.6. The summed E-state index contributed by atoms with van der Waals surface area (Å²) in [5.41, 5.74) is -0.125. The van der Waals surface area contributed by atoms with Crippen LogP contribution in [0, 0.1) is 5.92 Å². The Kier molecular flexibility index (Phi) is 3.29. The number of hydrogen-bond donors (Lipinski definition) is 3. The minimum atomic E-state index is -0.394. The molecule has 0 unspecified atom stereocenters. The standard InChI is InChI=1S/C10H11GeO4/c1-4(2)9(14)7-5(12)3-6(13)8(11)10(7)15/h3-4,12-13,15H,1-2H3. The van der Waals surface area contributed by atoms with Gasteiger partial charge in [0.1, 0.15) is 0 Å². The first-order valence-corrected chi connectivity index (χ1v) is 5.44. The van der Waals surface area contributed by atoms with Crippen LogP contribution in [0.15, 0.2) is 6.07 Å². The summed E-state index contributed by atoms with van der Waals surface area (Å²) in [5, 5.41) is 28.4. The van der Waals surface area contributed by atoms with Gasteiger partial charge in [0, 0.05) is 0 Å². The van der Waals surface area contributed by atoms with Gasteiger partial charge in [0.15, 0.2) is 0 Å². The van der Waals surface area contributed by atoms with E-state index in [4.69, 9.17) is 0 Å². The monoisotopic (exact) mass is 269 g/mol. The van der Waals surface area contributed by atoms with Gasteiger partial charge in [-0.3, -0.25) is 0 Å². The van der Waals surface area contributed by atoms with E-state index in [9.17, 15) is 20.1 Å². The predicted molar refractivity (Wildman–Crippen MR) is 56.0 cm³/mol. The summed E-state index contributed by atoms with van der Waals surface area (Å²) >= 11 is 1.47. The van der Waals surface area contributed by atoms with Gasteiger partial charge >= 0.3 is 95.5 Å². The molecule has 0 spiro atoms. The molecule has 79 valence electrons. The van der Waals surface area contributed by atoms with Gasteiger partial charge < -0.3 is 0 Å². The van der Waals surface area contributed by atoms with Crippen LogP contribution in [-0.4, -0.2) is 37.6 Å². The summed E-state index contributed by atoms with van der Waals surface area (Å²) in [6.45, 7) is 3.34. The van der Waals surface area contributed by atoms with Crippen molar-refractivity contribution < 1.29 is 20.1 Å². The van der Waals surface area contributed by atoms with Crippen LogP contribution >= 0.6 is 0 Å². The Morgan fingerprint density at radius 1 is 1.27 bits per heavy atom. The number of aromatic hydroxyl groups is 3. The second kappa shape index (κ2) is 4.14. The third-order valence-electron chi connectivity index (χ3n) is 2.03. The fraction of sp³-hybridized carbons (Fsp3) is 0.300. The second-order valence-corrected chi connectivity index (χ2v) is 4.58. The van der Waals surface area contributed by atoms with Crippen LogP contribution in [0.4, 0.5) is 0 Å². The van der Waals surface area contributed by atoms with Crippen molar-refractivity contribution in [2.75, 3.05) is 0 Å². The number of hydrogen-bond acceptors (Lipinski definition) is 4. The molecule has 15 heavy (non-hydrogen) atoms. The van der Waals surface area contributed by atoms with Crippen molar-refractivity contribution in [1.29, 1.82) is 0 Å². The van der Waals surface area contributed by atoms with E-state index < -0.39 is 5.75 Å². The molecule has 1 aromatic carbocycles. The molecule has 0 bridgehead atoms. The van der Waals surface area contributed by atoms with Crippen molar-refractivity contribution in [1.82, 2.24) is 0 Å². The molecule has 0 amide bonds. The van der Waals surface area contributed by atoms with Crippen LogP contribution < -0.4 is 4.40 Å². The number of rotatable bonds is 2. The molecule has 3 radical (unpaired) electrons. The van der Waals surface area contributed by atoms with E-state index in [2.05, 4.69) is 0 Å². The molecule has 1 aromatic rings. The molecule has 0 saturated carbocycles. The van der Waals surface area contributed by atoms with Gasteiger partial charge in [-0.2, -0.15) is 0 Å². The number of carbonyl (C=O) groups is 1. The Balaban J connectivity index is 3.43. The maximum atomic E-state index is 11.6. The van der Waals surface area contributed by atoms with Gasteiger partial charge in [-0.1, -0.05) is 0 Å². The van der Waals surface area contributed by atoms with Crippen LogP contribution in [0.25, 0.3) is 0 Å². The van der Waals surface area contributed by atoms with E-state index in [0.29, 0.717) is 0 Å². The average Bonchev–Trinajstić information content (AvgIpc) is 2.14. The van der Waals surface area contributed by atoms with Crippen LogP contribution in [0.5, 0.6) is 17.2 Å². The molecule has 0 aliphatic carbocycles. The molecule has 0 fully saturated rings. The zero-order valence-corrected chi connectivity index (χ0v) is 10.5. The van der Waals surface area contributed by atoms with E-state index in [1.807, 2.05) is 0 Å². The first kappa shape index (κ1) is 11.9. The minimum absolute atomic E-state index is 0.125. The summed E-state index contributed by atoms with van der Waals surface area (Å²) in [7, 11) is 0. The first-order valence-electron chi connectivity index (χ1n) is 4.40. The summed E-state index contributed by atoms with van der Waals surface area (Å²) in [5.74, 6) is -1.66. The normalized spacial score (nSPS) is 10.7. The van der Waals surface area contributed by atoms with Gasteiger partial charge in [-0.25, -0.2) is 0 Å². The Hall–Kier alpha value is -1.17. The molecule has 0 atom stereocenters. The van der Waals surface area contributed by atoms with Crippen molar-refractivity contribution >= 4 is 26.7 Å². The second-order valence-electron chi connectivity index (χ2n) is 3.53. The van der Waals surface area contributed by atoms with E-state index in [1.54, 1.807) is 13.8 Å². The molecule has 5 heteroatoms. The van der Waals surface area contributed by atoms with Crippen molar-refractivity contribution in [3.05, 3.63) is 11.6 Å². The summed E-state index contributed by atoms with van der Waals surface area (Å²) < 4.78 is 0.191. The molecular formula is C10H11GeO4. The number of ketones is 1. The number of phenolic OH excluding ortho intramolecular Hbond substituents is 3. The molecule has 0 saturated heterocycles. The molecule has 0 aliphatic rings. The van der Waals surface area contributed by atoms with Gasteiger partial charge in [0.2, 0.25) is 0 Å². The molecule has 0 aliphatic heterocycles. The zero-order valence-electron chi connectivity index (χ0n) is 8.40. The predicted octanol–water partition coefficient (Wildman–Crippen LogP) is 0.436. The van der Waals surface area contributed by atoms with Crippen molar-refractivity contribution in [3.63, 3.8) is 0 Å². The van der Waals surface area contributed by atoms with Gasteiger partial charge in [0.05, 0.1) is 0 Å². The fourth-order valence-electron chi connectivity index (χ4n) is 1.17.